The first-order chi connectivity index (χ1) is 18.1. The van der Waals surface area contributed by atoms with Crippen LogP contribution in [0.2, 0.25) is 0 Å². The molecule has 2 heterocycles. The first-order valence-corrected chi connectivity index (χ1v) is 12.9. The van der Waals surface area contributed by atoms with E-state index in [1.165, 1.54) is 0 Å². The van der Waals surface area contributed by atoms with Crippen LogP contribution < -0.4 is 0 Å². The number of hydrogen-bond donors (Lipinski definition) is 0. The molecule has 0 amide bonds. The average molecular weight is 523 g/mol. The van der Waals surface area contributed by atoms with Crippen LogP contribution in [0.4, 0.5) is 0 Å². The van der Waals surface area contributed by atoms with Gasteiger partial charge in [0.15, 0.2) is 12.6 Å². The van der Waals surface area contributed by atoms with E-state index in [4.69, 9.17) is 42.6 Å². The van der Waals surface area contributed by atoms with Crippen LogP contribution >= 0.6 is 0 Å². The van der Waals surface area contributed by atoms with Gasteiger partial charge >= 0.3 is 0 Å². The summed E-state index contributed by atoms with van der Waals surface area (Å²) in [5, 5.41) is 0. The van der Waals surface area contributed by atoms with E-state index in [2.05, 4.69) is 24.3 Å². The van der Waals surface area contributed by atoms with E-state index in [-0.39, 0.29) is 36.3 Å². The normalized spacial score (nSPS) is 40.3. The van der Waals surface area contributed by atoms with Gasteiger partial charge in [-0.05, 0) is 24.7 Å². The van der Waals surface area contributed by atoms with E-state index >= 15 is 0 Å². The van der Waals surface area contributed by atoms with Crippen LogP contribution in [0.5, 0.6) is 0 Å². The average Bonchev–Trinajstić information content (AvgIpc) is 3.62. The SMILES string of the molecule is CO[C@@H]1[C@@H](OC)[C@@H](O[C@H]2O[C@H](CC3C=CC=C3)[C@@H](OC)[C@H](OC)[C@H]2OC)O[C@H](CC2C=CC=C2)[C@H]1OC. The molecule has 0 aromatic rings. The van der Waals surface area contributed by atoms with E-state index < -0.39 is 37.0 Å². The molecule has 0 spiro atoms. The lowest BCUT2D eigenvalue weighted by Crippen LogP contribution is -2.64. The molecule has 0 N–H and O–H groups in total. The largest absolute Gasteiger partial charge is 0.376 e. The highest BCUT2D eigenvalue weighted by Crippen LogP contribution is 2.37. The Labute approximate surface area is 220 Å². The Kier molecular flexibility index (Phi) is 10.5. The molecule has 2 aliphatic heterocycles. The molecule has 0 radical (unpaired) electrons. The van der Waals surface area contributed by atoms with Gasteiger partial charge in [0.2, 0.25) is 0 Å². The Bertz CT molecular complexity index is 736. The zero-order valence-corrected chi connectivity index (χ0v) is 22.6. The van der Waals surface area contributed by atoms with Crippen molar-refractivity contribution in [2.75, 3.05) is 42.7 Å². The molecular formula is C28H42O9. The lowest BCUT2D eigenvalue weighted by atomic mass is 9.91. The monoisotopic (exact) mass is 522 g/mol. The number of hydrogen-bond acceptors (Lipinski definition) is 9. The topological polar surface area (TPSA) is 83.1 Å². The van der Waals surface area contributed by atoms with Crippen molar-refractivity contribution in [1.82, 2.24) is 0 Å². The van der Waals surface area contributed by atoms with E-state index in [0.717, 1.165) is 12.8 Å². The Balaban J connectivity index is 1.56. The first kappa shape index (κ1) is 28.6. The summed E-state index contributed by atoms with van der Waals surface area (Å²) in [7, 11) is 9.85. The summed E-state index contributed by atoms with van der Waals surface area (Å²) in [6.07, 6.45) is 13.4. The third-order valence-electron chi connectivity index (χ3n) is 7.75. The molecule has 37 heavy (non-hydrogen) atoms. The van der Waals surface area contributed by atoms with Gasteiger partial charge in [0.25, 0.3) is 0 Å². The third kappa shape index (κ3) is 6.27. The van der Waals surface area contributed by atoms with Crippen molar-refractivity contribution in [1.29, 1.82) is 0 Å². The molecule has 9 heteroatoms. The zero-order valence-electron chi connectivity index (χ0n) is 22.6. The van der Waals surface area contributed by atoms with E-state index in [0.29, 0.717) is 0 Å². The van der Waals surface area contributed by atoms with Gasteiger partial charge in [-0.2, -0.15) is 0 Å². The molecule has 0 aromatic heterocycles. The maximum atomic E-state index is 6.54. The van der Waals surface area contributed by atoms with Gasteiger partial charge in [0.05, 0.1) is 12.2 Å². The minimum atomic E-state index is -0.785. The van der Waals surface area contributed by atoms with Crippen LogP contribution in [0.3, 0.4) is 0 Å². The van der Waals surface area contributed by atoms with Crippen molar-refractivity contribution in [3.05, 3.63) is 48.6 Å². The number of allylic oxidation sites excluding steroid dienone is 8. The highest BCUT2D eigenvalue weighted by molar-refractivity contribution is 5.19. The summed E-state index contributed by atoms with van der Waals surface area (Å²) in [4.78, 5) is 0. The molecule has 2 fully saturated rings. The maximum absolute atomic E-state index is 6.54. The van der Waals surface area contributed by atoms with Crippen LogP contribution in [0.25, 0.3) is 0 Å². The summed E-state index contributed by atoms with van der Waals surface area (Å²) < 4.78 is 54.7. The highest BCUT2D eigenvalue weighted by atomic mass is 16.8. The molecule has 2 aliphatic carbocycles. The van der Waals surface area contributed by atoms with Crippen molar-refractivity contribution in [3.8, 4) is 0 Å². The zero-order chi connectivity index (χ0) is 26.4. The fourth-order valence-electron chi connectivity index (χ4n) is 5.90. The van der Waals surface area contributed by atoms with Gasteiger partial charge in [0, 0.05) is 42.7 Å². The summed E-state index contributed by atoms with van der Waals surface area (Å²) in [6.45, 7) is 0. The number of rotatable bonds is 12. The van der Waals surface area contributed by atoms with Gasteiger partial charge in [-0.15, -0.1) is 0 Å². The molecular weight excluding hydrogens is 480 g/mol. The Hall–Kier alpha value is -1.40. The van der Waals surface area contributed by atoms with Gasteiger partial charge in [0.1, 0.15) is 36.6 Å². The molecule has 10 atom stereocenters. The van der Waals surface area contributed by atoms with Crippen LogP contribution in [0.15, 0.2) is 48.6 Å². The van der Waals surface area contributed by atoms with E-state index in [1.54, 1.807) is 42.7 Å². The predicted octanol–water partition coefficient (Wildman–Crippen LogP) is 2.81. The van der Waals surface area contributed by atoms with Gasteiger partial charge < -0.3 is 42.6 Å². The second kappa shape index (κ2) is 13.6. The lowest BCUT2D eigenvalue weighted by Gasteiger charge is -2.49. The summed E-state index contributed by atoms with van der Waals surface area (Å²) >= 11 is 0. The standard InChI is InChI=1S/C28H42O9/c1-29-21-19(15-17-11-7-8-12-17)35-27(25(33-5)23(21)31-3)37-28-26(34-6)24(32-4)22(30-2)20(36-28)16-18-13-9-10-14-18/h7-14,17-28H,15-16H2,1-6H3/t19-,20-,21-,22-,23+,24+,25-,26-,27-,28-/m1/s1. The molecule has 4 aliphatic rings. The van der Waals surface area contributed by atoms with Gasteiger partial charge in [-0.3, -0.25) is 0 Å². The lowest BCUT2D eigenvalue weighted by molar-refractivity contribution is -0.382. The minimum Gasteiger partial charge on any atom is -0.376 e. The summed E-state index contributed by atoms with van der Waals surface area (Å²) in [5.74, 6) is 0.490. The van der Waals surface area contributed by atoms with E-state index in [1.807, 2.05) is 24.3 Å². The van der Waals surface area contributed by atoms with E-state index in [9.17, 15) is 0 Å². The Morgan fingerprint density at radius 2 is 0.784 bits per heavy atom. The number of methoxy groups -OCH3 is 6. The molecule has 2 saturated heterocycles. The summed E-state index contributed by atoms with van der Waals surface area (Å²) in [6, 6.07) is 0. The summed E-state index contributed by atoms with van der Waals surface area (Å²) in [5.41, 5.74) is 0. The smallest absolute Gasteiger partial charge is 0.189 e. The first-order valence-electron chi connectivity index (χ1n) is 12.9. The highest BCUT2D eigenvalue weighted by Gasteiger charge is 2.53. The van der Waals surface area contributed by atoms with Crippen molar-refractivity contribution in [2.45, 2.75) is 74.3 Å². The Morgan fingerprint density at radius 3 is 1.08 bits per heavy atom. The van der Waals surface area contributed by atoms with Gasteiger partial charge in [-0.1, -0.05) is 48.6 Å². The fraction of sp³-hybridized carbons (Fsp3) is 0.714. The number of ether oxygens (including phenoxy) is 9. The van der Waals surface area contributed by atoms with Crippen molar-refractivity contribution >= 4 is 0 Å². The predicted molar refractivity (Wildman–Crippen MR) is 136 cm³/mol. The fourth-order valence-corrected chi connectivity index (χ4v) is 5.90. The molecule has 0 unspecified atom stereocenters. The molecule has 4 rings (SSSR count). The maximum Gasteiger partial charge on any atom is 0.189 e. The van der Waals surface area contributed by atoms with Crippen LogP contribution in [0, 0.1) is 11.8 Å². The van der Waals surface area contributed by atoms with Crippen molar-refractivity contribution < 1.29 is 42.6 Å². The van der Waals surface area contributed by atoms with Gasteiger partial charge in [-0.25, -0.2) is 0 Å². The van der Waals surface area contributed by atoms with Crippen LogP contribution in [-0.4, -0.2) is 104 Å². The molecule has 0 saturated carbocycles. The molecule has 0 bridgehead atoms. The minimum absolute atomic E-state index is 0.245. The second-order valence-electron chi connectivity index (χ2n) is 9.76. The second-order valence-corrected chi connectivity index (χ2v) is 9.76. The molecule has 9 nitrogen and oxygen atoms in total. The molecule has 208 valence electrons. The third-order valence-corrected chi connectivity index (χ3v) is 7.75. The van der Waals surface area contributed by atoms with Crippen LogP contribution in [0.1, 0.15) is 12.8 Å². The Morgan fingerprint density at radius 1 is 0.459 bits per heavy atom. The van der Waals surface area contributed by atoms with Crippen molar-refractivity contribution in [3.63, 3.8) is 0 Å². The molecule has 0 aromatic carbocycles. The van der Waals surface area contributed by atoms with Crippen molar-refractivity contribution in [2.24, 2.45) is 11.8 Å². The quantitative estimate of drug-likeness (QED) is 0.384. The van der Waals surface area contributed by atoms with Crippen LogP contribution in [-0.2, 0) is 42.6 Å².